The zero-order valence-corrected chi connectivity index (χ0v) is 17.5. The molecule has 0 heterocycles. The van der Waals surface area contributed by atoms with Gasteiger partial charge in [-0.2, -0.15) is 13.2 Å². The Balaban J connectivity index is 0.00000676. The van der Waals surface area contributed by atoms with E-state index < -0.39 is 17.6 Å². The fraction of sp³-hybridized carbons (Fsp3) is 0.529. The zero-order chi connectivity index (χ0) is 19.6. The lowest BCUT2D eigenvalue weighted by molar-refractivity contribution is -0.141. The minimum atomic E-state index is -4.65. The number of carbonyl (C=O) groups is 1. The second-order valence-corrected chi connectivity index (χ2v) is 5.45. The first-order chi connectivity index (χ1) is 12.3. The van der Waals surface area contributed by atoms with Crippen molar-refractivity contribution in [2.24, 2.45) is 4.99 Å². The van der Waals surface area contributed by atoms with Crippen LogP contribution in [0.1, 0.15) is 37.3 Å². The number of hydrogen-bond acceptors (Lipinski definition) is 3. The number of benzene rings is 1. The third kappa shape index (κ3) is 9.78. The van der Waals surface area contributed by atoms with Crippen molar-refractivity contribution in [1.82, 2.24) is 10.6 Å². The lowest BCUT2D eigenvalue weighted by atomic mass is 10.1. The number of methoxy groups -OCH3 is 1. The van der Waals surface area contributed by atoms with Gasteiger partial charge in [0, 0.05) is 19.5 Å². The number of carbonyl (C=O) groups excluding carboxylic acids is 1. The van der Waals surface area contributed by atoms with E-state index in [4.69, 9.17) is 0 Å². The van der Waals surface area contributed by atoms with Crippen LogP contribution in [0.5, 0.6) is 0 Å². The van der Waals surface area contributed by atoms with Crippen LogP contribution in [0.25, 0.3) is 0 Å². The molecule has 10 heteroatoms. The van der Waals surface area contributed by atoms with Gasteiger partial charge in [-0.3, -0.25) is 4.79 Å². The first-order valence-corrected chi connectivity index (χ1v) is 8.22. The zero-order valence-electron chi connectivity index (χ0n) is 15.2. The van der Waals surface area contributed by atoms with Crippen molar-refractivity contribution < 1.29 is 27.1 Å². The molecule has 1 rings (SSSR count). The second-order valence-electron chi connectivity index (χ2n) is 5.45. The van der Waals surface area contributed by atoms with E-state index in [0.29, 0.717) is 44.4 Å². The number of halogens is 5. The fourth-order valence-electron chi connectivity index (χ4n) is 2.16. The quantitative estimate of drug-likeness (QED) is 0.141. The normalized spacial score (nSPS) is 11.6. The molecule has 0 aromatic heterocycles. The molecule has 0 spiro atoms. The lowest BCUT2D eigenvalue weighted by Crippen LogP contribution is -2.37. The van der Waals surface area contributed by atoms with Crippen LogP contribution in [0.2, 0.25) is 0 Å². The van der Waals surface area contributed by atoms with E-state index in [1.807, 2.05) is 6.92 Å². The summed E-state index contributed by atoms with van der Waals surface area (Å²) in [4.78, 5) is 15.1. The van der Waals surface area contributed by atoms with Gasteiger partial charge in [0.2, 0.25) is 0 Å². The van der Waals surface area contributed by atoms with Crippen LogP contribution >= 0.6 is 24.0 Å². The van der Waals surface area contributed by atoms with E-state index in [1.165, 1.54) is 7.11 Å². The summed E-state index contributed by atoms with van der Waals surface area (Å²) in [7, 11) is 1.32. The molecule has 0 fully saturated rings. The molecule has 0 amide bonds. The third-order valence-corrected chi connectivity index (χ3v) is 3.46. The minimum absolute atomic E-state index is 0. The van der Waals surface area contributed by atoms with Crippen LogP contribution < -0.4 is 10.6 Å². The summed E-state index contributed by atoms with van der Waals surface area (Å²) in [5, 5.41) is 5.91. The number of rotatable bonds is 8. The Morgan fingerprint density at radius 1 is 1.22 bits per heavy atom. The van der Waals surface area contributed by atoms with Crippen molar-refractivity contribution in [3.8, 4) is 0 Å². The van der Waals surface area contributed by atoms with Crippen molar-refractivity contribution in [2.75, 3.05) is 20.2 Å². The highest BCUT2D eigenvalue weighted by atomic mass is 127. The molecule has 1 aromatic rings. The maximum Gasteiger partial charge on any atom is 0.416 e. The Labute approximate surface area is 173 Å². The number of aliphatic imine (C=N–C) groups is 1. The van der Waals surface area contributed by atoms with Crippen LogP contribution in [-0.4, -0.2) is 32.1 Å². The highest BCUT2D eigenvalue weighted by molar-refractivity contribution is 14.0. The average Bonchev–Trinajstić information content (AvgIpc) is 2.58. The number of alkyl halides is 3. The van der Waals surface area contributed by atoms with Crippen LogP contribution in [0.15, 0.2) is 23.2 Å². The van der Waals surface area contributed by atoms with Gasteiger partial charge in [-0.15, -0.1) is 24.0 Å². The van der Waals surface area contributed by atoms with E-state index in [2.05, 4.69) is 20.4 Å². The summed E-state index contributed by atoms with van der Waals surface area (Å²) in [5.41, 5.74) is -1.14. The molecule has 0 aliphatic rings. The SMILES string of the molecule is CCNC(=NCc1ccc(F)cc1C(F)(F)F)NCCCCC(=O)OC.I. The molecular weight excluding hydrogens is 481 g/mol. The van der Waals surface area contributed by atoms with Gasteiger partial charge in [0.15, 0.2) is 5.96 Å². The predicted molar refractivity (Wildman–Crippen MR) is 106 cm³/mol. The molecule has 0 bridgehead atoms. The summed E-state index contributed by atoms with van der Waals surface area (Å²) in [6.45, 7) is 2.61. The first-order valence-electron chi connectivity index (χ1n) is 8.22. The van der Waals surface area contributed by atoms with Gasteiger partial charge in [0.05, 0.1) is 19.2 Å². The van der Waals surface area contributed by atoms with Crippen molar-refractivity contribution in [2.45, 2.75) is 38.9 Å². The summed E-state index contributed by atoms with van der Waals surface area (Å²) < 4.78 is 56.7. The molecule has 5 nitrogen and oxygen atoms in total. The number of esters is 1. The summed E-state index contributed by atoms with van der Waals surface area (Å²) >= 11 is 0. The standard InChI is InChI=1S/C17H23F4N3O2.HI/c1-3-22-16(23-9-5-4-6-15(25)26-2)24-11-12-7-8-13(18)10-14(12)17(19,20)21;/h7-8,10H,3-6,9,11H2,1-2H3,(H2,22,23,24);1H. The molecule has 0 aliphatic heterocycles. The maximum atomic E-state index is 13.1. The van der Waals surface area contributed by atoms with Gasteiger partial charge in [0.25, 0.3) is 0 Å². The number of guanidine groups is 1. The van der Waals surface area contributed by atoms with Gasteiger partial charge < -0.3 is 15.4 Å². The summed E-state index contributed by atoms with van der Waals surface area (Å²) in [6.07, 6.45) is -3.05. The Morgan fingerprint density at radius 2 is 1.93 bits per heavy atom. The largest absolute Gasteiger partial charge is 0.469 e. The van der Waals surface area contributed by atoms with Gasteiger partial charge >= 0.3 is 12.1 Å². The molecule has 27 heavy (non-hydrogen) atoms. The number of nitrogens with one attached hydrogen (secondary N) is 2. The van der Waals surface area contributed by atoms with E-state index in [0.717, 1.165) is 12.1 Å². The molecule has 1 aromatic carbocycles. The van der Waals surface area contributed by atoms with E-state index >= 15 is 0 Å². The number of ether oxygens (including phenoxy) is 1. The first kappa shape index (κ1) is 25.4. The monoisotopic (exact) mass is 505 g/mol. The van der Waals surface area contributed by atoms with Gasteiger partial charge in [0.1, 0.15) is 5.82 Å². The Morgan fingerprint density at radius 3 is 2.52 bits per heavy atom. The van der Waals surface area contributed by atoms with Crippen LogP contribution in [0.3, 0.4) is 0 Å². The van der Waals surface area contributed by atoms with Crippen molar-refractivity contribution in [3.63, 3.8) is 0 Å². The smallest absolute Gasteiger partial charge is 0.416 e. The average molecular weight is 505 g/mol. The molecular formula is C17H24F4IN3O2. The predicted octanol–water partition coefficient (Wildman–Crippen LogP) is 3.86. The highest BCUT2D eigenvalue weighted by Gasteiger charge is 2.33. The maximum absolute atomic E-state index is 13.1. The van der Waals surface area contributed by atoms with E-state index in [1.54, 1.807) is 0 Å². The molecule has 0 radical (unpaired) electrons. The third-order valence-electron chi connectivity index (χ3n) is 3.46. The minimum Gasteiger partial charge on any atom is -0.469 e. The van der Waals surface area contributed by atoms with Crippen molar-refractivity contribution in [3.05, 3.63) is 35.1 Å². The Hall–Kier alpha value is -1.59. The topological polar surface area (TPSA) is 62.7 Å². The van der Waals surface area contributed by atoms with Crippen LogP contribution in [0, 0.1) is 5.82 Å². The fourth-order valence-corrected chi connectivity index (χ4v) is 2.16. The van der Waals surface area contributed by atoms with E-state index in [9.17, 15) is 22.4 Å². The molecule has 154 valence electrons. The Kier molecular flexibility index (Phi) is 12.0. The molecule has 2 N–H and O–H groups in total. The second kappa shape index (κ2) is 12.7. The van der Waals surface area contributed by atoms with Crippen molar-refractivity contribution >= 4 is 35.9 Å². The van der Waals surface area contributed by atoms with Gasteiger partial charge in [-0.05, 0) is 37.5 Å². The Bertz CT molecular complexity index is 625. The number of unbranched alkanes of at least 4 members (excludes halogenated alkanes) is 1. The van der Waals surface area contributed by atoms with Gasteiger partial charge in [-0.25, -0.2) is 9.38 Å². The summed E-state index contributed by atoms with van der Waals surface area (Å²) in [5.74, 6) is -0.884. The van der Waals surface area contributed by atoms with Crippen LogP contribution in [-0.2, 0) is 22.3 Å². The number of nitrogens with zero attached hydrogens (tertiary/aromatic N) is 1. The molecule has 0 saturated heterocycles. The molecule has 0 aliphatic carbocycles. The van der Waals surface area contributed by atoms with Crippen molar-refractivity contribution in [1.29, 1.82) is 0 Å². The summed E-state index contributed by atoms with van der Waals surface area (Å²) in [6, 6.07) is 2.53. The van der Waals surface area contributed by atoms with Crippen LogP contribution in [0.4, 0.5) is 17.6 Å². The molecule has 0 atom stereocenters. The van der Waals surface area contributed by atoms with Gasteiger partial charge in [-0.1, -0.05) is 6.07 Å². The molecule has 0 saturated carbocycles. The van der Waals surface area contributed by atoms with E-state index in [-0.39, 0.29) is 42.1 Å². The number of hydrogen-bond donors (Lipinski definition) is 2. The highest BCUT2D eigenvalue weighted by Crippen LogP contribution is 2.32. The lowest BCUT2D eigenvalue weighted by Gasteiger charge is -2.14. The molecule has 0 unspecified atom stereocenters.